The van der Waals surface area contributed by atoms with Crippen LogP contribution in [0.15, 0.2) is 58.3 Å². The number of benzene rings is 2. The number of ether oxygens (including phenoxy) is 1. The van der Waals surface area contributed by atoms with Crippen LogP contribution in [0.25, 0.3) is 0 Å². The average molecular weight is 435 g/mol. The van der Waals surface area contributed by atoms with E-state index in [0.717, 1.165) is 15.5 Å². The monoisotopic (exact) mass is 434 g/mol. The summed E-state index contributed by atoms with van der Waals surface area (Å²) in [6, 6.07) is 14.3. The lowest BCUT2D eigenvalue weighted by Gasteiger charge is -2.22. The number of rotatable bonds is 4. The fourth-order valence-electron chi connectivity index (χ4n) is 2.54. The van der Waals surface area contributed by atoms with Crippen LogP contribution in [0.4, 0.5) is 0 Å². The van der Waals surface area contributed by atoms with E-state index in [-0.39, 0.29) is 5.54 Å². The maximum atomic E-state index is 12.8. The molecular formula is C21H20Cl2N2O2S. The highest BCUT2D eigenvalue weighted by atomic mass is 35.5. The first-order valence-electron chi connectivity index (χ1n) is 8.67. The number of esters is 1. The third kappa shape index (κ3) is 4.54. The van der Waals surface area contributed by atoms with Crippen molar-refractivity contribution in [2.75, 3.05) is 0 Å². The van der Waals surface area contributed by atoms with E-state index in [2.05, 4.69) is 5.10 Å². The molecule has 0 bridgehead atoms. The molecular weight excluding hydrogens is 415 g/mol. The number of carbonyl (C=O) groups excluding carboxylic acids is 1. The van der Waals surface area contributed by atoms with Gasteiger partial charge in [0.05, 0.1) is 26.7 Å². The molecule has 0 saturated carbocycles. The number of nitrogens with zero attached hydrogens (tertiary/aromatic N) is 2. The molecule has 1 aromatic heterocycles. The molecule has 0 N–H and O–H groups in total. The van der Waals surface area contributed by atoms with Crippen LogP contribution < -0.4 is 4.74 Å². The third-order valence-electron chi connectivity index (χ3n) is 3.92. The molecule has 0 atom stereocenters. The third-order valence-corrected chi connectivity index (χ3v) is 5.68. The van der Waals surface area contributed by atoms with Gasteiger partial charge in [-0.15, -0.1) is 0 Å². The molecule has 4 nitrogen and oxygen atoms in total. The molecule has 146 valence electrons. The number of carbonyl (C=O) groups is 1. The number of hydrogen-bond donors (Lipinski definition) is 0. The largest absolute Gasteiger partial charge is 0.403 e. The van der Waals surface area contributed by atoms with Gasteiger partial charge in [-0.25, -0.2) is 9.48 Å². The van der Waals surface area contributed by atoms with Crippen molar-refractivity contribution >= 4 is 40.9 Å². The summed E-state index contributed by atoms with van der Waals surface area (Å²) in [7, 11) is 0. The van der Waals surface area contributed by atoms with Crippen LogP contribution in [-0.4, -0.2) is 15.7 Å². The summed E-state index contributed by atoms with van der Waals surface area (Å²) in [6.45, 7) is 7.91. The molecule has 3 aromatic rings. The molecule has 0 spiro atoms. The molecule has 0 amide bonds. The maximum absolute atomic E-state index is 12.8. The van der Waals surface area contributed by atoms with Gasteiger partial charge < -0.3 is 4.74 Å². The lowest BCUT2D eigenvalue weighted by atomic mass is 10.1. The zero-order chi connectivity index (χ0) is 20.5. The molecule has 28 heavy (non-hydrogen) atoms. The minimum Gasteiger partial charge on any atom is -0.403 e. The summed E-state index contributed by atoms with van der Waals surface area (Å²) in [5.41, 5.74) is 0.711. The van der Waals surface area contributed by atoms with E-state index in [4.69, 9.17) is 27.9 Å². The van der Waals surface area contributed by atoms with Crippen molar-refractivity contribution < 1.29 is 9.53 Å². The van der Waals surface area contributed by atoms with E-state index in [9.17, 15) is 4.79 Å². The Labute approximate surface area is 178 Å². The first-order valence-corrected chi connectivity index (χ1v) is 10.2. The molecule has 2 aromatic carbocycles. The van der Waals surface area contributed by atoms with Crippen LogP contribution in [0.5, 0.6) is 5.88 Å². The Hall–Kier alpha value is -1.95. The van der Waals surface area contributed by atoms with Gasteiger partial charge in [-0.2, -0.15) is 5.10 Å². The standard InChI is InChI=1S/C21H20Cl2N2O2S/c1-13-18(28-15-11-9-14(22)10-12-15)19(25(24-13)21(2,3)4)27-20(26)16-7-5-6-8-17(16)23/h5-12H,1-4H3. The molecule has 0 aliphatic carbocycles. The van der Waals surface area contributed by atoms with Gasteiger partial charge in [0.1, 0.15) is 0 Å². The topological polar surface area (TPSA) is 44.1 Å². The van der Waals surface area contributed by atoms with Crippen molar-refractivity contribution in [2.45, 2.75) is 43.0 Å². The smallest absolute Gasteiger partial charge is 0.346 e. The van der Waals surface area contributed by atoms with Gasteiger partial charge in [-0.3, -0.25) is 0 Å². The van der Waals surface area contributed by atoms with Crippen LogP contribution in [0, 0.1) is 6.92 Å². The normalized spacial score (nSPS) is 11.5. The second-order valence-electron chi connectivity index (χ2n) is 7.23. The molecule has 0 aliphatic rings. The highest BCUT2D eigenvalue weighted by molar-refractivity contribution is 7.99. The van der Waals surface area contributed by atoms with Crippen LogP contribution in [-0.2, 0) is 5.54 Å². The first-order chi connectivity index (χ1) is 13.2. The van der Waals surface area contributed by atoms with Crippen molar-refractivity contribution in [1.29, 1.82) is 0 Å². The van der Waals surface area contributed by atoms with Crippen LogP contribution in [0.1, 0.15) is 36.8 Å². The summed E-state index contributed by atoms with van der Waals surface area (Å²) in [5.74, 6) is -0.121. The van der Waals surface area contributed by atoms with Gasteiger partial charge in [0, 0.05) is 9.92 Å². The van der Waals surface area contributed by atoms with Crippen molar-refractivity contribution in [3.05, 3.63) is 69.8 Å². The van der Waals surface area contributed by atoms with E-state index < -0.39 is 5.97 Å². The van der Waals surface area contributed by atoms with E-state index >= 15 is 0 Å². The minimum absolute atomic E-state index is 0.311. The second kappa shape index (κ2) is 8.19. The Morgan fingerprint density at radius 3 is 2.32 bits per heavy atom. The molecule has 0 saturated heterocycles. The Kier molecular flexibility index (Phi) is 6.08. The Balaban J connectivity index is 2.03. The summed E-state index contributed by atoms with van der Waals surface area (Å²) in [5, 5.41) is 5.63. The molecule has 1 heterocycles. The quantitative estimate of drug-likeness (QED) is 0.432. The average Bonchev–Trinajstić information content (AvgIpc) is 2.93. The van der Waals surface area contributed by atoms with Gasteiger partial charge in [-0.1, -0.05) is 47.1 Å². The minimum atomic E-state index is -0.519. The molecule has 0 aliphatic heterocycles. The first kappa shape index (κ1) is 20.8. The molecule has 0 fully saturated rings. The molecule has 3 rings (SSSR count). The Bertz CT molecular complexity index is 1010. The Morgan fingerprint density at radius 1 is 1.07 bits per heavy atom. The van der Waals surface area contributed by atoms with Crippen molar-refractivity contribution in [1.82, 2.24) is 9.78 Å². The summed E-state index contributed by atoms with van der Waals surface area (Å²) in [6.07, 6.45) is 0. The van der Waals surface area contributed by atoms with Crippen LogP contribution >= 0.6 is 35.0 Å². The number of halogens is 2. The van der Waals surface area contributed by atoms with E-state index in [1.54, 1.807) is 28.9 Å². The fourth-order valence-corrected chi connectivity index (χ4v) is 3.79. The summed E-state index contributed by atoms with van der Waals surface area (Å²) in [4.78, 5) is 14.5. The van der Waals surface area contributed by atoms with Crippen molar-refractivity contribution in [2.24, 2.45) is 0 Å². The molecule has 0 radical (unpaired) electrons. The van der Waals surface area contributed by atoms with Crippen LogP contribution in [0.3, 0.4) is 0 Å². The van der Waals surface area contributed by atoms with Gasteiger partial charge in [0.2, 0.25) is 5.88 Å². The van der Waals surface area contributed by atoms with E-state index in [0.29, 0.717) is 21.5 Å². The number of aromatic nitrogens is 2. The van der Waals surface area contributed by atoms with Gasteiger partial charge in [-0.05, 0) is 64.1 Å². The predicted molar refractivity (Wildman–Crippen MR) is 114 cm³/mol. The van der Waals surface area contributed by atoms with Crippen LogP contribution in [0.2, 0.25) is 10.0 Å². The molecule has 7 heteroatoms. The van der Waals surface area contributed by atoms with Crippen molar-refractivity contribution in [3.63, 3.8) is 0 Å². The zero-order valence-corrected chi connectivity index (χ0v) is 18.3. The lowest BCUT2D eigenvalue weighted by molar-refractivity contribution is 0.0704. The van der Waals surface area contributed by atoms with E-state index in [1.165, 1.54) is 11.8 Å². The van der Waals surface area contributed by atoms with Crippen molar-refractivity contribution in [3.8, 4) is 5.88 Å². The predicted octanol–water partition coefficient (Wildman–Crippen LogP) is 6.62. The zero-order valence-electron chi connectivity index (χ0n) is 16.0. The summed E-state index contributed by atoms with van der Waals surface area (Å²) >= 11 is 13.6. The van der Waals surface area contributed by atoms with Gasteiger partial charge in [0.15, 0.2) is 0 Å². The second-order valence-corrected chi connectivity index (χ2v) is 9.16. The maximum Gasteiger partial charge on any atom is 0.346 e. The summed E-state index contributed by atoms with van der Waals surface area (Å²) < 4.78 is 7.55. The highest BCUT2D eigenvalue weighted by Crippen LogP contribution is 2.40. The number of aryl methyl sites for hydroxylation is 1. The SMILES string of the molecule is Cc1nn(C(C)(C)C)c(OC(=O)c2ccccc2Cl)c1Sc1ccc(Cl)cc1. The van der Waals surface area contributed by atoms with Gasteiger partial charge in [0.25, 0.3) is 0 Å². The van der Waals surface area contributed by atoms with Gasteiger partial charge >= 0.3 is 5.97 Å². The number of hydrogen-bond acceptors (Lipinski definition) is 4. The Morgan fingerprint density at radius 2 is 1.71 bits per heavy atom. The highest BCUT2D eigenvalue weighted by Gasteiger charge is 2.28. The van der Waals surface area contributed by atoms with E-state index in [1.807, 2.05) is 52.0 Å². The fraction of sp³-hybridized carbons (Fsp3) is 0.238. The molecule has 0 unspecified atom stereocenters. The lowest BCUT2D eigenvalue weighted by Crippen LogP contribution is -2.25.